The molecule has 7 heteroatoms. The average molecular weight is 293 g/mol. The van der Waals surface area contributed by atoms with Crippen molar-refractivity contribution >= 4 is 17.3 Å². The molecule has 0 amide bonds. The standard InChI is InChI=1S/C14H19N3O4/c1-15(2)11-4-3-7-16(9-11)13-6-5-10(17(20)21)8-12(13)14(18)19/h5-6,8,11H,3-4,7,9H2,1-2H3,(H,18,19). The van der Waals surface area contributed by atoms with Crippen molar-refractivity contribution in [3.05, 3.63) is 33.9 Å². The molecule has 21 heavy (non-hydrogen) atoms. The monoisotopic (exact) mass is 293 g/mol. The lowest BCUT2D eigenvalue weighted by Gasteiger charge is -2.38. The van der Waals surface area contributed by atoms with Gasteiger partial charge in [0.1, 0.15) is 0 Å². The first-order valence-electron chi connectivity index (χ1n) is 6.83. The first-order valence-corrected chi connectivity index (χ1v) is 6.83. The normalized spacial score (nSPS) is 18.8. The van der Waals surface area contributed by atoms with Crippen LogP contribution in [0, 0.1) is 10.1 Å². The van der Waals surface area contributed by atoms with E-state index in [1.54, 1.807) is 6.07 Å². The molecule has 114 valence electrons. The van der Waals surface area contributed by atoms with Gasteiger partial charge in [0, 0.05) is 31.3 Å². The van der Waals surface area contributed by atoms with Gasteiger partial charge in [-0.15, -0.1) is 0 Å². The Kier molecular flexibility index (Phi) is 4.42. The largest absolute Gasteiger partial charge is 0.478 e. The quantitative estimate of drug-likeness (QED) is 0.673. The van der Waals surface area contributed by atoms with Gasteiger partial charge in [0.15, 0.2) is 0 Å². The Labute approximate surface area is 122 Å². The molecule has 1 N–H and O–H groups in total. The Morgan fingerprint density at radius 2 is 2.19 bits per heavy atom. The molecule has 1 saturated heterocycles. The molecule has 0 aliphatic carbocycles. The minimum atomic E-state index is -1.14. The van der Waals surface area contributed by atoms with Gasteiger partial charge in [0.2, 0.25) is 0 Å². The summed E-state index contributed by atoms with van der Waals surface area (Å²) in [6.07, 6.45) is 2.04. The summed E-state index contributed by atoms with van der Waals surface area (Å²) in [7, 11) is 4.00. The highest BCUT2D eigenvalue weighted by atomic mass is 16.6. The van der Waals surface area contributed by atoms with E-state index < -0.39 is 10.9 Å². The molecule has 1 aliphatic heterocycles. The predicted octanol–water partition coefficient (Wildman–Crippen LogP) is 1.82. The van der Waals surface area contributed by atoms with Crippen LogP contribution in [0.25, 0.3) is 0 Å². The number of rotatable bonds is 4. The Morgan fingerprint density at radius 3 is 2.76 bits per heavy atom. The second-order valence-corrected chi connectivity index (χ2v) is 5.47. The molecule has 1 aromatic rings. The molecule has 1 aliphatic rings. The van der Waals surface area contributed by atoms with Gasteiger partial charge in [-0.3, -0.25) is 10.1 Å². The lowest BCUT2D eigenvalue weighted by molar-refractivity contribution is -0.384. The van der Waals surface area contributed by atoms with Crippen molar-refractivity contribution in [3.8, 4) is 0 Å². The first-order chi connectivity index (χ1) is 9.90. The van der Waals surface area contributed by atoms with Crippen molar-refractivity contribution < 1.29 is 14.8 Å². The van der Waals surface area contributed by atoms with E-state index in [9.17, 15) is 20.0 Å². The van der Waals surface area contributed by atoms with E-state index in [0.29, 0.717) is 11.7 Å². The number of aromatic carboxylic acids is 1. The summed E-state index contributed by atoms with van der Waals surface area (Å²) in [5.41, 5.74) is 0.348. The summed E-state index contributed by atoms with van der Waals surface area (Å²) >= 11 is 0. The molecule has 0 aromatic heterocycles. The Hall–Kier alpha value is -2.15. The van der Waals surface area contributed by atoms with Crippen LogP contribution >= 0.6 is 0 Å². The molecule has 0 bridgehead atoms. The summed E-state index contributed by atoms with van der Waals surface area (Å²) in [5.74, 6) is -1.14. The van der Waals surface area contributed by atoms with Gasteiger partial charge in [-0.05, 0) is 33.0 Å². The molecular weight excluding hydrogens is 274 g/mol. The number of nitro benzene ring substituents is 1. The van der Waals surface area contributed by atoms with Crippen LogP contribution in [0.2, 0.25) is 0 Å². The first kappa shape index (κ1) is 15.2. The molecule has 0 saturated carbocycles. The van der Waals surface area contributed by atoms with Crippen LogP contribution < -0.4 is 4.90 Å². The van der Waals surface area contributed by atoms with Crippen LogP contribution in [-0.4, -0.2) is 54.1 Å². The number of hydrogen-bond acceptors (Lipinski definition) is 5. The smallest absolute Gasteiger partial charge is 0.338 e. The molecule has 1 unspecified atom stereocenters. The number of benzene rings is 1. The molecule has 7 nitrogen and oxygen atoms in total. The number of hydrogen-bond donors (Lipinski definition) is 1. The van der Waals surface area contributed by atoms with Gasteiger partial charge in [-0.1, -0.05) is 0 Å². The van der Waals surface area contributed by atoms with E-state index in [-0.39, 0.29) is 11.3 Å². The topological polar surface area (TPSA) is 86.9 Å². The molecule has 0 radical (unpaired) electrons. The fraction of sp³-hybridized carbons (Fsp3) is 0.500. The van der Waals surface area contributed by atoms with Crippen LogP contribution in [-0.2, 0) is 0 Å². The number of nitrogens with zero attached hydrogens (tertiary/aromatic N) is 3. The number of likely N-dealkylation sites (N-methyl/N-ethyl adjacent to an activating group) is 1. The minimum Gasteiger partial charge on any atom is -0.478 e. The summed E-state index contributed by atoms with van der Waals surface area (Å²) < 4.78 is 0. The maximum absolute atomic E-state index is 11.4. The van der Waals surface area contributed by atoms with Crippen molar-refractivity contribution in [1.82, 2.24) is 4.90 Å². The van der Waals surface area contributed by atoms with E-state index in [4.69, 9.17) is 0 Å². The van der Waals surface area contributed by atoms with Crippen molar-refractivity contribution in [2.24, 2.45) is 0 Å². The van der Waals surface area contributed by atoms with Gasteiger partial charge in [-0.25, -0.2) is 4.79 Å². The van der Waals surface area contributed by atoms with Crippen LogP contribution in [0.1, 0.15) is 23.2 Å². The average Bonchev–Trinajstić information content (AvgIpc) is 2.46. The molecule has 1 fully saturated rings. The molecular formula is C14H19N3O4. The minimum absolute atomic E-state index is 0.0105. The van der Waals surface area contributed by atoms with Crippen LogP contribution in [0.3, 0.4) is 0 Å². The second kappa shape index (κ2) is 6.09. The van der Waals surface area contributed by atoms with Gasteiger partial charge in [-0.2, -0.15) is 0 Å². The summed E-state index contributed by atoms with van der Waals surface area (Å²) in [6, 6.07) is 4.40. The van der Waals surface area contributed by atoms with Crippen molar-refractivity contribution in [3.63, 3.8) is 0 Å². The third kappa shape index (κ3) is 3.30. The molecule has 1 aromatic carbocycles. The zero-order valence-electron chi connectivity index (χ0n) is 12.2. The SMILES string of the molecule is CN(C)C1CCCN(c2ccc([N+](=O)[O-])cc2C(=O)O)C1. The highest BCUT2D eigenvalue weighted by molar-refractivity contribution is 5.95. The lowest BCUT2D eigenvalue weighted by Crippen LogP contribution is -2.45. The van der Waals surface area contributed by atoms with Crippen molar-refractivity contribution in [2.45, 2.75) is 18.9 Å². The van der Waals surface area contributed by atoms with Gasteiger partial charge < -0.3 is 14.9 Å². The summed E-state index contributed by atoms with van der Waals surface area (Å²) in [6.45, 7) is 1.49. The maximum Gasteiger partial charge on any atom is 0.338 e. The number of carboxylic acids is 1. The zero-order valence-corrected chi connectivity index (χ0v) is 12.2. The highest BCUT2D eigenvalue weighted by Gasteiger charge is 2.26. The Balaban J connectivity index is 2.34. The Morgan fingerprint density at radius 1 is 1.48 bits per heavy atom. The van der Waals surface area contributed by atoms with Crippen LogP contribution in [0.15, 0.2) is 18.2 Å². The van der Waals surface area contributed by atoms with E-state index in [1.165, 1.54) is 6.07 Å². The third-order valence-corrected chi connectivity index (χ3v) is 3.89. The fourth-order valence-corrected chi connectivity index (χ4v) is 2.68. The zero-order chi connectivity index (χ0) is 15.6. The lowest BCUT2D eigenvalue weighted by atomic mass is 10.0. The number of piperidine rings is 1. The fourth-order valence-electron chi connectivity index (χ4n) is 2.68. The molecule has 0 spiro atoms. The van der Waals surface area contributed by atoms with Crippen molar-refractivity contribution in [1.29, 1.82) is 0 Å². The second-order valence-electron chi connectivity index (χ2n) is 5.47. The predicted molar refractivity (Wildman–Crippen MR) is 79.0 cm³/mol. The Bertz CT molecular complexity index is 559. The maximum atomic E-state index is 11.4. The van der Waals surface area contributed by atoms with E-state index in [1.807, 2.05) is 19.0 Å². The highest BCUT2D eigenvalue weighted by Crippen LogP contribution is 2.28. The molecule has 2 rings (SSSR count). The summed E-state index contributed by atoms with van der Waals surface area (Å²) in [5, 5.41) is 20.1. The van der Waals surface area contributed by atoms with Gasteiger partial charge in [0.25, 0.3) is 5.69 Å². The van der Waals surface area contributed by atoms with E-state index in [2.05, 4.69) is 4.90 Å². The van der Waals surface area contributed by atoms with Crippen molar-refractivity contribution in [2.75, 3.05) is 32.1 Å². The number of carbonyl (C=O) groups is 1. The molecule has 1 atom stereocenters. The number of nitro groups is 1. The number of non-ortho nitro benzene ring substituents is 1. The summed E-state index contributed by atoms with van der Waals surface area (Å²) in [4.78, 5) is 25.7. The van der Waals surface area contributed by atoms with E-state index >= 15 is 0 Å². The molecule has 1 heterocycles. The van der Waals surface area contributed by atoms with E-state index in [0.717, 1.165) is 32.0 Å². The third-order valence-electron chi connectivity index (χ3n) is 3.89. The van der Waals surface area contributed by atoms with Gasteiger partial charge in [0.05, 0.1) is 16.2 Å². The number of anilines is 1. The van der Waals surface area contributed by atoms with Crippen LogP contribution in [0.4, 0.5) is 11.4 Å². The van der Waals surface area contributed by atoms with Gasteiger partial charge >= 0.3 is 5.97 Å². The number of carboxylic acid groups (broad SMARTS) is 1. The van der Waals surface area contributed by atoms with Crippen LogP contribution in [0.5, 0.6) is 0 Å².